The Morgan fingerprint density at radius 1 is 1.40 bits per heavy atom. The maximum Gasteiger partial charge on any atom is 0.407 e. The quantitative estimate of drug-likeness (QED) is 0.664. The first-order valence-electron chi connectivity index (χ1n) is 6.74. The molecule has 20 heavy (non-hydrogen) atoms. The second-order valence-corrected chi connectivity index (χ2v) is 6.12. The Morgan fingerprint density at radius 2 is 2.00 bits per heavy atom. The maximum absolute atomic E-state index is 11.4. The molecule has 7 heteroatoms. The van der Waals surface area contributed by atoms with E-state index in [1.54, 1.807) is 0 Å². The molecule has 1 atom stereocenters. The molecule has 0 aromatic heterocycles. The summed E-state index contributed by atoms with van der Waals surface area (Å²) in [6, 6.07) is -0.978. The van der Waals surface area contributed by atoms with E-state index in [1.165, 1.54) is 0 Å². The molecule has 1 aliphatic rings. The number of carbonyl (C=O) groups excluding carboxylic acids is 1. The minimum absolute atomic E-state index is 0.0201. The zero-order valence-corrected chi connectivity index (χ0v) is 12.2. The zero-order valence-electron chi connectivity index (χ0n) is 12.2. The van der Waals surface area contributed by atoms with Crippen molar-refractivity contribution in [2.45, 2.75) is 51.4 Å². The van der Waals surface area contributed by atoms with E-state index in [1.807, 2.05) is 20.8 Å². The van der Waals surface area contributed by atoms with Gasteiger partial charge in [-0.3, -0.25) is 4.79 Å². The molecule has 7 nitrogen and oxygen atoms in total. The molecular weight excluding hydrogens is 264 g/mol. The molecule has 0 bridgehead atoms. The van der Waals surface area contributed by atoms with Gasteiger partial charge < -0.3 is 25.6 Å². The van der Waals surface area contributed by atoms with Crippen LogP contribution in [0.15, 0.2) is 0 Å². The lowest BCUT2D eigenvalue weighted by atomic mass is 9.82. The van der Waals surface area contributed by atoms with Crippen molar-refractivity contribution in [2.75, 3.05) is 13.2 Å². The van der Waals surface area contributed by atoms with Crippen LogP contribution in [0, 0.1) is 5.92 Å². The number of amides is 1. The van der Waals surface area contributed by atoms with E-state index >= 15 is 0 Å². The largest absolute Gasteiger partial charge is 0.480 e. The number of nitrogens with one attached hydrogen (secondary N) is 1. The number of nitrogens with two attached hydrogens (primary N) is 1. The van der Waals surface area contributed by atoms with Crippen molar-refractivity contribution in [2.24, 2.45) is 11.7 Å². The summed E-state index contributed by atoms with van der Waals surface area (Å²) in [5.74, 6) is -0.721. The van der Waals surface area contributed by atoms with Crippen LogP contribution in [0.3, 0.4) is 0 Å². The van der Waals surface area contributed by atoms with Gasteiger partial charge in [-0.25, -0.2) is 4.79 Å². The predicted octanol–water partition coefficient (Wildman–Crippen LogP) is 0.718. The van der Waals surface area contributed by atoms with E-state index in [0.29, 0.717) is 12.5 Å². The minimum Gasteiger partial charge on any atom is -0.480 e. The topological polar surface area (TPSA) is 111 Å². The Morgan fingerprint density at radius 3 is 2.50 bits per heavy atom. The van der Waals surface area contributed by atoms with Gasteiger partial charge in [0.1, 0.15) is 11.6 Å². The summed E-state index contributed by atoms with van der Waals surface area (Å²) in [5, 5.41) is 11.3. The van der Waals surface area contributed by atoms with Crippen molar-refractivity contribution in [3.05, 3.63) is 0 Å². The first-order chi connectivity index (χ1) is 9.17. The van der Waals surface area contributed by atoms with Gasteiger partial charge in [-0.15, -0.1) is 0 Å². The number of carboxylic acid groups (broad SMARTS) is 1. The number of alkyl carbamates (subject to hydrolysis) is 1. The molecule has 0 heterocycles. The van der Waals surface area contributed by atoms with Crippen molar-refractivity contribution < 1.29 is 24.2 Å². The zero-order chi connectivity index (χ0) is 15.3. The molecule has 116 valence electrons. The Hall–Kier alpha value is -1.34. The number of carboxylic acids is 1. The molecule has 1 amide bonds. The molecule has 4 N–H and O–H groups in total. The Kier molecular flexibility index (Phi) is 5.76. The molecule has 0 unspecified atom stereocenters. The van der Waals surface area contributed by atoms with Crippen LogP contribution in [0.1, 0.15) is 33.6 Å². The normalized spacial score (nSPS) is 23.6. The first-order valence-corrected chi connectivity index (χ1v) is 6.74. The minimum atomic E-state index is -1.06. The number of hydrogen-bond acceptors (Lipinski definition) is 5. The second kappa shape index (κ2) is 6.90. The molecule has 0 aliphatic heterocycles. The molecule has 1 aliphatic carbocycles. The third-order valence-electron chi connectivity index (χ3n) is 2.96. The third kappa shape index (κ3) is 6.21. The lowest BCUT2D eigenvalue weighted by Gasteiger charge is -2.35. The lowest BCUT2D eigenvalue weighted by Crippen LogP contribution is -2.43. The number of rotatable bonds is 6. The smallest absolute Gasteiger partial charge is 0.407 e. The van der Waals surface area contributed by atoms with E-state index in [4.69, 9.17) is 20.3 Å². The van der Waals surface area contributed by atoms with Crippen molar-refractivity contribution in [1.82, 2.24) is 5.32 Å². The van der Waals surface area contributed by atoms with Gasteiger partial charge in [-0.2, -0.15) is 0 Å². The van der Waals surface area contributed by atoms with Crippen LogP contribution in [0.5, 0.6) is 0 Å². The van der Waals surface area contributed by atoms with Crippen LogP contribution in [-0.2, 0) is 14.3 Å². The summed E-state index contributed by atoms with van der Waals surface area (Å²) in [4.78, 5) is 21.9. The summed E-state index contributed by atoms with van der Waals surface area (Å²) in [6.07, 6.45) is 1.20. The highest BCUT2D eigenvalue weighted by molar-refractivity contribution is 5.73. The average Bonchev–Trinajstić information content (AvgIpc) is 2.23. The second-order valence-electron chi connectivity index (χ2n) is 6.12. The van der Waals surface area contributed by atoms with E-state index in [9.17, 15) is 9.59 Å². The van der Waals surface area contributed by atoms with E-state index in [0.717, 1.165) is 12.8 Å². The average molecular weight is 288 g/mol. The lowest BCUT2D eigenvalue weighted by molar-refractivity contribution is -0.141. The SMILES string of the molecule is CC(C)(C)OC(=O)NC[C@H]1C[C@H](OC[C@H](N)C(=O)O)C1. The van der Waals surface area contributed by atoms with Crippen molar-refractivity contribution in [3.63, 3.8) is 0 Å². The van der Waals surface area contributed by atoms with Crippen LogP contribution in [0.25, 0.3) is 0 Å². The highest BCUT2D eigenvalue weighted by atomic mass is 16.6. The molecule has 1 saturated carbocycles. The van der Waals surface area contributed by atoms with Gasteiger partial charge in [0.25, 0.3) is 0 Å². The van der Waals surface area contributed by atoms with E-state index < -0.39 is 23.7 Å². The molecule has 0 saturated heterocycles. The molecule has 0 radical (unpaired) electrons. The summed E-state index contributed by atoms with van der Waals surface area (Å²) in [7, 11) is 0. The maximum atomic E-state index is 11.4. The fourth-order valence-corrected chi connectivity index (χ4v) is 1.83. The van der Waals surface area contributed by atoms with Crippen LogP contribution in [0.4, 0.5) is 4.79 Å². The summed E-state index contributed by atoms with van der Waals surface area (Å²) >= 11 is 0. The molecule has 0 aromatic rings. The summed E-state index contributed by atoms with van der Waals surface area (Å²) in [6.45, 7) is 5.99. The van der Waals surface area contributed by atoms with Gasteiger partial charge in [0.05, 0.1) is 12.7 Å². The van der Waals surface area contributed by atoms with Gasteiger partial charge in [0, 0.05) is 6.54 Å². The van der Waals surface area contributed by atoms with Gasteiger partial charge >= 0.3 is 12.1 Å². The van der Waals surface area contributed by atoms with E-state index in [-0.39, 0.29) is 12.7 Å². The Labute approximate surface area is 118 Å². The molecular formula is C13H24N2O5. The first kappa shape index (κ1) is 16.7. The van der Waals surface area contributed by atoms with Gasteiger partial charge in [-0.1, -0.05) is 0 Å². The van der Waals surface area contributed by atoms with Gasteiger partial charge in [0.15, 0.2) is 0 Å². The predicted molar refractivity (Wildman–Crippen MR) is 72.3 cm³/mol. The van der Waals surface area contributed by atoms with Crippen LogP contribution in [0.2, 0.25) is 0 Å². The van der Waals surface area contributed by atoms with Crippen LogP contribution >= 0.6 is 0 Å². The van der Waals surface area contributed by atoms with Crippen LogP contribution in [-0.4, -0.2) is 48.1 Å². The number of hydrogen-bond donors (Lipinski definition) is 3. The number of ether oxygens (including phenoxy) is 2. The fourth-order valence-electron chi connectivity index (χ4n) is 1.83. The van der Waals surface area contributed by atoms with Crippen LogP contribution < -0.4 is 11.1 Å². The Bertz CT molecular complexity index is 347. The summed E-state index contributed by atoms with van der Waals surface area (Å²) < 4.78 is 10.5. The monoisotopic (exact) mass is 288 g/mol. The molecule has 1 rings (SSSR count). The van der Waals surface area contributed by atoms with Crippen molar-refractivity contribution in [3.8, 4) is 0 Å². The van der Waals surface area contributed by atoms with Crippen molar-refractivity contribution in [1.29, 1.82) is 0 Å². The van der Waals surface area contributed by atoms with E-state index in [2.05, 4.69) is 5.32 Å². The number of carbonyl (C=O) groups is 2. The standard InChI is InChI=1S/C13H24N2O5/c1-13(2,3)20-12(18)15-6-8-4-9(5-8)19-7-10(14)11(16)17/h8-10H,4-7,14H2,1-3H3,(H,15,18)(H,16,17)/t8-,9-,10-/m0/s1. The van der Waals surface area contributed by atoms with Gasteiger partial charge in [-0.05, 0) is 39.5 Å². The van der Waals surface area contributed by atoms with Gasteiger partial charge in [0.2, 0.25) is 0 Å². The Balaban J connectivity index is 2.08. The third-order valence-corrected chi connectivity index (χ3v) is 2.96. The summed E-state index contributed by atoms with van der Waals surface area (Å²) in [5.41, 5.74) is 4.84. The molecule has 0 aromatic carbocycles. The molecule has 1 fully saturated rings. The fraction of sp³-hybridized carbons (Fsp3) is 0.846. The van der Waals surface area contributed by atoms with Crippen molar-refractivity contribution >= 4 is 12.1 Å². The molecule has 0 spiro atoms. The highest BCUT2D eigenvalue weighted by Gasteiger charge is 2.31. The highest BCUT2D eigenvalue weighted by Crippen LogP contribution is 2.29. The number of aliphatic carboxylic acids is 1.